The molecule has 0 spiro atoms. The van der Waals surface area contributed by atoms with Crippen LogP contribution in [0.5, 0.6) is 0 Å². The van der Waals surface area contributed by atoms with Gasteiger partial charge in [-0.15, -0.1) is 12.4 Å². The van der Waals surface area contributed by atoms with Gasteiger partial charge < -0.3 is 10.2 Å². The molecule has 0 amide bonds. The third kappa shape index (κ3) is 1.39. The van der Waals surface area contributed by atoms with Crippen molar-refractivity contribution in [3.05, 3.63) is 29.8 Å². The van der Waals surface area contributed by atoms with Crippen LogP contribution in [0.1, 0.15) is 5.56 Å². The van der Waals surface area contributed by atoms with Gasteiger partial charge >= 0.3 is 0 Å². The minimum atomic E-state index is 0. The highest BCUT2D eigenvalue weighted by Gasteiger charge is 2.30. The van der Waals surface area contributed by atoms with Crippen molar-refractivity contribution < 1.29 is 0 Å². The summed E-state index contributed by atoms with van der Waals surface area (Å²) in [5.41, 5.74) is 2.99. The molecule has 2 nitrogen and oxygen atoms in total. The first-order valence-electron chi connectivity index (χ1n) is 5.00. The Morgan fingerprint density at radius 2 is 2.14 bits per heavy atom. The van der Waals surface area contributed by atoms with E-state index in [1.807, 2.05) is 0 Å². The average molecular weight is 211 g/mol. The van der Waals surface area contributed by atoms with Gasteiger partial charge in [-0.3, -0.25) is 0 Å². The zero-order chi connectivity index (χ0) is 8.67. The van der Waals surface area contributed by atoms with E-state index < -0.39 is 0 Å². The zero-order valence-electron chi connectivity index (χ0n) is 8.07. The van der Waals surface area contributed by atoms with E-state index in [1.165, 1.54) is 24.2 Å². The maximum Gasteiger partial charge on any atom is 0.0456 e. The quantitative estimate of drug-likeness (QED) is 0.697. The molecule has 1 atom stereocenters. The van der Waals surface area contributed by atoms with Crippen LogP contribution in [-0.4, -0.2) is 25.7 Å². The Bertz CT molecular complexity index is 327. The molecule has 3 heteroatoms. The van der Waals surface area contributed by atoms with Crippen molar-refractivity contribution in [2.45, 2.75) is 12.5 Å². The van der Waals surface area contributed by atoms with E-state index in [0.29, 0.717) is 6.04 Å². The van der Waals surface area contributed by atoms with Crippen LogP contribution < -0.4 is 10.2 Å². The highest BCUT2D eigenvalue weighted by Crippen LogP contribution is 2.32. The minimum Gasteiger partial charge on any atom is -0.365 e. The van der Waals surface area contributed by atoms with Crippen LogP contribution in [0, 0.1) is 0 Å². The summed E-state index contributed by atoms with van der Waals surface area (Å²) >= 11 is 0. The van der Waals surface area contributed by atoms with E-state index in [-0.39, 0.29) is 12.4 Å². The number of fused-ring (bicyclic) bond motifs is 3. The number of anilines is 1. The summed E-state index contributed by atoms with van der Waals surface area (Å²) in [7, 11) is 0. The molecule has 2 aliphatic heterocycles. The van der Waals surface area contributed by atoms with E-state index >= 15 is 0 Å². The molecule has 2 aliphatic rings. The molecule has 0 radical (unpaired) electrons. The van der Waals surface area contributed by atoms with Crippen molar-refractivity contribution in [3.63, 3.8) is 0 Å². The van der Waals surface area contributed by atoms with Crippen LogP contribution in [0.15, 0.2) is 24.3 Å². The summed E-state index contributed by atoms with van der Waals surface area (Å²) in [5, 5.41) is 3.45. The highest BCUT2D eigenvalue weighted by atomic mass is 35.5. The van der Waals surface area contributed by atoms with E-state index in [4.69, 9.17) is 0 Å². The number of hydrogen-bond acceptors (Lipinski definition) is 2. The molecule has 1 unspecified atom stereocenters. The molecule has 0 bridgehead atoms. The smallest absolute Gasteiger partial charge is 0.0456 e. The zero-order valence-corrected chi connectivity index (χ0v) is 8.89. The largest absolute Gasteiger partial charge is 0.365 e. The molecule has 0 saturated carbocycles. The van der Waals surface area contributed by atoms with Crippen LogP contribution in [0.4, 0.5) is 5.69 Å². The molecule has 1 saturated heterocycles. The van der Waals surface area contributed by atoms with Gasteiger partial charge in [0.25, 0.3) is 0 Å². The molecule has 1 fully saturated rings. The van der Waals surface area contributed by atoms with Gasteiger partial charge in [0.2, 0.25) is 0 Å². The Morgan fingerprint density at radius 3 is 3.07 bits per heavy atom. The summed E-state index contributed by atoms with van der Waals surface area (Å²) in [5.74, 6) is 0. The lowest BCUT2D eigenvalue weighted by atomic mass is 10.1. The van der Waals surface area contributed by atoms with E-state index in [2.05, 4.69) is 34.5 Å². The van der Waals surface area contributed by atoms with Gasteiger partial charge in [-0.05, 0) is 18.1 Å². The second-order valence-corrected chi connectivity index (χ2v) is 3.88. The van der Waals surface area contributed by atoms with E-state index in [9.17, 15) is 0 Å². The second-order valence-electron chi connectivity index (χ2n) is 3.88. The van der Waals surface area contributed by atoms with Crippen molar-refractivity contribution >= 4 is 18.1 Å². The van der Waals surface area contributed by atoms with Crippen molar-refractivity contribution in [1.29, 1.82) is 0 Å². The molecule has 76 valence electrons. The summed E-state index contributed by atoms with van der Waals surface area (Å²) in [6, 6.07) is 9.51. The first-order chi connectivity index (χ1) is 6.45. The fraction of sp³-hybridized carbons (Fsp3) is 0.455. The van der Waals surface area contributed by atoms with E-state index in [1.54, 1.807) is 0 Å². The molecule has 14 heavy (non-hydrogen) atoms. The number of rotatable bonds is 0. The van der Waals surface area contributed by atoms with Crippen molar-refractivity contribution in [2.24, 2.45) is 0 Å². The molecule has 3 rings (SSSR count). The summed E-state index contributed by atoms with van der Waals surface area (Å²) in [6.07, 6.45) is 1.23. The lowest BCUT2D eigenvalue weighted by Gasteiger charge is -2.32. The van der Waals surface area contributed by atoms with Gasteiger partial charge in [0.05, 0.1) is 0 Å². The molecule has 0 aromatic heterocycles. The fourth-order valence-electron chi connectivity index (χ4n) is 2.48. The van der Waals surface area contributed by atoms with Crippen molar-refractivity contribution in [2.75, 3.05) is 24.5 Å². The lowest BCUT2D eigenvalue weighted by molar-refractivity contribution is 0.495. The monoisotopic (exact) mass is 210 g/mol. The Kier molecular flexibility index (Phi) is 2.66. The van der Waals surface area contributed by atoms with Crippen LogP contribution in [-0.2, 0) is 6.42 Å². The number of nitrogens with zero attached hydrogens (tertiary/aromatic N) is 1. The van der Waals surface area contributed by atoms with Gasteiger partial charge in [-0.1, -0.05) is 18.2 Å². The molecular formula is C11H15ClN2. The molecular weight excluding hydrogens is 196 g/mol. The van der Waals surface area contributed by atoms with Gasteiger partial charge in [0.15, 0.2) is 0 Å². The Morgan fingerprint density at radius 1 is 1.29 bits per heavy atom. The van der Waals surface area contributed by atoms with E-state index in [0.717, 1.165) is 13.1 Å². The standard InChI is InChI=1S/C11H14N2.ClH/c1-2-4-11-9(3-1)7-10-8-12-5-6-13(10)11;/h1-4,10,12H,5-8H2;1H. The summed E-state index contributed by atoms with van der Waals surface area (Å²) < 4.78 is 0. The van der Waals surface area contributed by atoms with Gasteiger partial charge in [-0.2, -0.15) is 0 Å². The topological polar surface area (TPSA) is 15.3 Å². The number of halogens is 1. The van der Waals surface area contributed by atoms with Crippen molar-refractivity contribution in [3.8, 4) is 0 Å². The van der Waals surface area contributed by atoms with Crippen LogP contribution >= 0.6 is 12.4 Å². The molecule has 1 aromatic rings. The number of hydrogen-bond donors (Lipinski definition) is 1. The van der Waals surface area contributed by atoms with Gasteiger partial charge in [0.1, 0.15) is 0 Å². The number of nitrogens with one attached hydrogen (secondary N) is 1. The fourth-order valence-corrected chi connectivity index (χ4v) is 2.48. The normalized spacial score (nSPS) is 23.7. The summed E-state index contributed by atoms with van der Waals surface area (Å²) in [4.78, 5) is 2.55. The summed E-state index contributed by atoms with van der Waals surface area (Å²) in [6.45, 7) is 3.45. The second kappa shape index (κ2) is 3.79. The highest BCUT2D eigenvalue weighted by molar-refractivity contribution is 5.85. The molecule has 2 heterocycles. The Balaban J connectivity index is 0.000000750. The maximum atomic E-state index is 3.45. The predicted octanol–water partition coefficient (Wildman–Crippen LogP) is 1.44. The molecule has 1 aromatic carbocycles. The SMILES string of the molecule is Cl.c1ccc2c(c1)CC1CNCCN21. The predicted molar refractivity (Wildman–Crippen MR) is 61.4 cm³/mol. The van der Waals surface area contributed by atoms with Gasteiger partial charge in [0, 0.05) is 31.4 Å². The third-order valence-corrected chi connectivity index (χ3v) is 3.11. The first-order valence-corrected chi connectivity index (χ1v) is 5.00. The van der Waals surface area contributed by atoms with Crippen LogP contribution in [0.3, 0.4) is 0 Å². The first kappa shape index (κ1) is 9.81. The number of piperazine rings is 1. The number of para-hydroxylation sites is 1. The average Bonchev–Trinajstić information content (AvgIpc) is 2.56. The minimum absolute atomic E-state index is 0. The van der Waals surface area contributed by atoms with Crippen LogP contribution in [0.2, 0.25) is 0 Å². The third-order valence-electron chi connectivity index (χ3n) is 3.11. The molecule has 0 aliphatic carbocycles. The lowest BCUT2D eigenvalue weighted by Crippen LogP contribution is -2.49. The Labute approximate surface area is 90.7 Å². The maximum absolute atomic E-state index is 3.45. The Hall–Kier alpha value is -0.730. The van der Waals surface area contributed by atoms with Crippen molar-refractivity contribution in [1.82, 2.24) is 5.32 Å². The van der Waals surface area contributed by atoms with Crippen LogP contribution in [0.25, 0.3) is 0 Å². The van der Waals surface area contributed by atoms with Gasteiger partial charge in [-0.25, -0.2) is 0 Å². The molecule has 1 N–H and O–H groups in total. The number of benzene rings is 1.